The van der Waals surface area contributed by atoms with Crippen LogP contribution in [0.4, 0.5) is 0 Å². The van der Waals surface area contributed by atoms with Crippen LogP contribution >= 0.6 is 47.0 Å². The summed E-state index contributed by atoms with van der Waals surface area (Å²) in [6.07, 6.45) is 6.00. The van der Waals surface area contributed by atoms with Crippen molar-refractivity contribution in [2.45, 2.75) is 46.7 Å². The first-order valence-corrected chi connectivity index (χ1v) is 10.6. The maximum absolute atomic E-state index is 2.32. The van der Waals surface area contributed by atoms with Crippen LogP contribution in [0.2, 0.25) is 0 Å². The van der Waals surface area contributed by atoms with Gasteiger partial charge >= 0.3 is 0 Å². The zero-order chi connectivity index (χ0) is 10.8. The van der Waals surface area contributed by atoms with Crippen molar-refractivity contribution < 1.29 is 0 Å². The van der Waals surface area contributed by atoms with Crippen LogP contribution in [0, 0.1) is 0 Å². The van der Waals surface area contributed by atoms with Gasteiger partial charge in [-0.3, -0.25) is 0 Å². The molecule has 0 radical (unpaired) electrons. The van der Waals surface area contributed by atoms with E-state index in [0.717, 1.165) is 21.0 Å². The molecule has 0 aromatic heterocycles. The Morgan fingerprint density at radius 1 is 1.00 bits per heavy atom. The average molecular weight is 293 g/mol. The molecular weight excluding hydrogens is 272 g/mol. The molecule has 3 atom stereocenters. The molecule has 0 aromatic carbocycles. The third kappa shape index (κ3) is 3.69. The fourth-order valence-electron chi connectivity index (χ4n) is 2.35. The van der Waals surface area contributed by atoms with E-state index in [1.807, 2.05) is 0 Å². The Balaban J connectivity index is 1.37. The van der Waals surface area contributed by atoms with Gasteiger partial charge in [0.05, 0.1) is 0 Å². The van der Waals surface area contributed by atoms with Gasteiger partial charge in [0.25, 0.3) is 0 Å². The van der Waals surface area contributed by atoms with Crippen molar-refractivity contribution in [2.75, 3.05) is 23.0 Å². The van der Waals surface area contributed by atoms with Crippen LogP contribution in [0.3, 0.4) is 0 Å². The Labute approximate surface area is 116 Å². The van der Waals surface area contributed by atoms with Crippen molar-refractivity contribution in [3.63, 3.8) is 0 Å². The van der Waals surface area contributed by atoms with Gasteiger partial charge in [0, 0.05) is 44.0 Å². The van der Waals surface area contributed by atoms with E-state index in [1.54, 1.807) is 0 Å². The molecule has 3 rings (SSSR count). The fraction of sp³-hybridized carbons (Fsp3) is 1.00. The van der Waals surface area contributed by atoms with Gasteiger partial charge in [-0.2, -0.15) is 47.0 Å². The van der Waals surface area contributed by atoms with E-state index in [4.69, 9.17) is 0 Å². The first kappa shape index (κ1) is 12.4. The van der Waals surface area contributed by atoms with Gasteiger partial charge in [0.1, 0.15) is 0 Å². The second-order valence-corrected chi connectivity index (χ2v) is 10.3. The molecule has 0 amide bonds. The third-order valence-corrected chi connectivity index (χ3v) is 9.40. The van der Waals surface area contributed by atoms with Crippen molar-refractivity contribution in [3.05, 3.63) is 0 Å². The Kier molecular flexibility index (Phi) is 4.69. The molecule has 3 unspecified atom stereocenters. The predicted octanol–water partition coefficient (Wildman–Crippen LogP) is 3.99. The molecule has 0 nitrogen and oxygen atoms in total. The standard InChI is InChI=1S/C12H20S4/c1-2-9(14-7-11-8-15-11)4-10(3-1)16-12-5-13-6-12/h9-12H,1-8H2. The SMILES string of the molecule is C1CC(SCC2CS2)CC(SC2CSC2)C1. The lowest BCUT2D eigenvalue weighted by Gasteiger charge is -2.33. The zero-order valence-corrected chi connectivity index (χ0v) is 12.9. The molecule has 92 valence electrons. The number of hydrogen-bond donors (Lipinski definition) is 0. The average Bonchev–Trinajstić information content (AvgIpc) is 3.05. The zero-order valence-electron chi connectivity index (χ0n) is 9.60. The lowest BCUT2D eigenvalue weighted by atomic mass is 10.00. The summed E-state index contributed by atoms with van der Waals surface area (Å²) in [6, 6.07) is 0. The molecular formula is C12H20S4. The summed E-state index contributed by atoms with van der Waals surface area (Å²) in [5.41, 5.74) is 0. The largest absolute Gasteiger partial charge is 0.160 e. The summed E-state index contributed by atoms with van der Waals surface area (Å²) in [6.45, 7) is 0. The summed E-state index contributed by atoms with van der Waals surface area (Å²) in [7, 11) is 0. The highest BCUT2D eigenvalue weighted by Crippen LogP contribution is 2.42. The molecule has 1 saturated carbocycles. The van der Waals surface area contributed by atoms with Crippen LogP contribution in [-0.2, 0) is 0 Å². The maximum atomic E-state index is 2.32. The van der Waals surface area contributed by atoms with E-state index in [-0.39, 0.29) is 0 Å². The molecule has 3 fully saturated rings. The van der Waals surface area contributed by atoms with E-state index < -0.39 is 0 Å². The van der Waals surface area contributed by atoms with Crippen molar-refractivity contribution >= 4 is 47.0 Å². The minimum Gasteiger partial charge on any atom is -0.160 e. The molecule has 3 aliphatic rings. The Bertz CT molecular complexity index is 225. The molecule has 0 N–H and O–H groups in total. The molecule has 2 heterocycles. The smallest absolute Gasteiger partial charge is 0.0231 e. The van der Waals surface area contributed by atoms with Crippen LogP contribution in [0.1, 0.15) is 25.7 Å². The van der Waals surface area contributed by atoms with Crippen LogP contribution in [0.15, 0.2) is 0 Å². The van der Waals surface area contributed by atoms with Crippen LogP contribution < -0.4 is 0 Å². The molecule has 0 spiro atoms. The van der Waals surface area contributed by atoms with Gasteiger partial charge in [-0.05, 0) is 19.3 Å². The normalized spacial score (nSPS) is 39.4. The molecule has 2 aliphatic heterocycles. The van der Waals surface area contributed by atoms with Crippen molar-refractivity contribution in [1.82, 2.24) is 0 Å². The predicted molar refractivity (Wildman–Crippen MR) is 83.5 cm³/mol. The van der Waals surface area contributed by atoms with Gasteiger partial charge in [-0.25, -0.2) is 0 Å². The second-order valence-electron chi connectivity index (χ2n) is 4.99. The number of rotatable bonds is 5. The minimum absolute atomic E-state index is 1.00. The Morgan fingerprint density at radius 2 is 1.81 bits per heavy atom. The molecule has 0 bridgehead atoms. The molecule has 1 aliphatic carbocycles. The third-order valence-electron chi connectivity index (χ3n) is 3.49. The second kappa shape index (κ2) is 6.03. The van der Waals surface area contributed by atoms with Crippen LogP contribution in [0.25, 0.3) is 0 Å². The van der Waals surface area contributed by atoms with E-state index in [1.165, 1.54) is 48.7 Å². The van der Waals surface area contributed by atoms with Crippen LogP contribution in [-0.4, -0.2) is 44.0 Å². The van der Waals surface area contributed by atoms with Crippen molar-refractivity contribution in [2.24, 2.45) is 0 Å². The van der Waals surface area contributed by atoms with E-state index in [2.05, 4.69) is 47.0 Å². The van der Waals surface area contributed by atoms with Gasteiger partial charge in [-0.1, -0.05) is 6.42 Å². The molecule has 16 heavy (non-hydrogen) atoms. The van der Waals surface area contributed by atoms with Gasteiger partial charge < -0.3 is 0 Å². The van der Waals surface area contributed by atoms with Gasteiger partial charge in [0.15, 0.2) is 0 Å². The van der Waals surface area contributed by atoms with Crippen molar-refractivity contribution in [3.8, 4) is 0 Å². The lowest BCUT2D eigenvalue weighted by Crippen LogP contribution is -2.28. The summed E-state index contributed by atoms with van der Waals surface area (Å²) < 4.78 is 0. The van der Waals surface area contributed by atoms with E-state index in [9.17, 15) is 0 Å². The highest BCUT2D eigenvalue weighted by Gasteiger charge is 2.29. The first-order valence-electron chi connectivity index (χ1n) is 6.36. The van der Waals surface area contributed by atoms with Gasteiger partial charge in [0.2, 0.25) is 0 Å². The Hall–Kier alpha value is 1.40. The van der Waals surface area contributed by atoms with E-state index in [0.29, 0.717) is 0 Å². The van der Waals surface area contributed by atoms with Crippen molar-refractivity contribution in [1.29, 1.82) is 0 Å². The monoisotopic (exact) mass is 292 g/mol. The first-order chi connectivity index (χ1) is 7.90. The highest BCUT2D eigenvalue weighted by molar-refractivity contribution is 8.09. The number of hydrogen-bond acceptors (Lipinski definition) is 4. The topological polar surface area (TPSA) is 0 Å². The van der Waals surface area contributed by atoms with Crippen LogP contribution in [0.5, 0.6) is 0 Å². The quantitative estimate of drug-likeness (QED) is 0.702. The summed E-state index contributed by atoms with van der Waals surface area (Å²) in [5, 5.41) is 4.04. The Morgan fingerprint density at radius 3 is 2.50 bits per heavy atom. The summed E-state index contributed by atoms with van der Waals surface area (Å²) in [4.78, 5) is 0. The minimum atomic E-state index is 1.00. The van der Waals surface area contributed by atoms with E-state index >= 15 is 0 Å². The lowest BCUT2D eigenvalue weighted by molar-refractivity contribution is 0.527. The molecule has 2 saturated heterocycles. The molecule has 4 heteroatoms. The highest BCUT2D eigenvalue weighted by atomic mass is 32.2. The summed E-state index contributed by atoms with van der Waals surface area (Å²) in [5.74, 6) is 5.73. The summed E-state index contributed by atoms with van der Waals surface area (Å²) >= 11 is 8.89. The maximum Gasteiger partial charge on any atom is 0.0231 e. The number of thioether (sulfide) groups is 4. The molecule has 0 aromatic rings. The fourth-order valence-corrected chi connectivity index (χ4v) is 7.63. The van der Waals surface area contributed by atoms with Gasteiger partial charge in [-0.15, -0.1) is 0 Å².